The van der Waals surface area contributed by atoms with Gasteiger partial charge in [0.05, 0.1) is 54.7 Å². The van der Waals surface area contributed by atoms with Crippen LogP contribution in [0.3, 0.4) is 0 Å². The number of likely N-dealkylation sites (N-methyl/N-ethyl adjacent to an activating group) is 1. The summed E-state index contributed by atoms with van der Waals surface area (Å²) in [6, 6.07) is 29.8. The SMILES string of the molecule is COc1ccccc1-c1nccc(COc2ccccc2CC(C=O)Oc2ncnc3sc(-c4ccc(F)cc4)c(-c4ccc(OCCN5CC[N+](C)(Cc6ccc(NC(=O)C(CCCNC(N)=O)NC(=O)CNC(=O)OC(C)(C)C)cc6CN(C)C(=O)CCS(=O)(=O)O)CC5)c(Cl)c4C)c23)n1. The van der Waals surface area contributed by atoms with Gasteiger partial charge in [-0.3, -0.25) is 28.6 Å². The molecule has 26 nitrogen and oxygen atoms in total. The number of ether oxygens (including phenoxy) is 5. The number of nitrogens with two attached hydrogens (primary N) is 1. The van der Waals surface area contributed by atoms with Crippen molar-refractivity contribution in [3.8, 4) is 56.1 Å². The van der Waals surface area contributed by atoms with Crippen LogP contribution in [0.15, 0.2) is 122 Å². The van der Waals surface area contributed by atoms with Gasteiger partial charge in [-0.25, -0.2) is 33.9 Å². The van der Waals surface area contributed by atoms with Crippen molar-refractivity contribution in [1.29, 1.82) is 0 Å². The molecule has 1 aliphatic heterocycles. The normalized spacial score (nSPS) is 13.6. The quantitative estimate of drug-likeness (QED) is 0.00989. The number of fused-ring (bicyclic) bond motifs is 1. The number of nitrogens with zero attached hydrogens (tertiary/aromatic N) is 7. The number of hydrogen-bond acceptors (Lipinski definition) is 19. The summed E-state index contributed by atoms with van der Waals surface area (Å²) in [7, 11) is 0.785. The van der Waals surface area contributed by atoms with Crippen molar-refractivity contribution in [1.82, 2.24) is 45.7 Å². The Hall–Kier alpha value is -9.91. The van der Waals surface area contributed by atoms with Gasteiger partial charge in [-0.15, -0.1) is 11.3 Å². The minimum Gasteiger partial charge on any atom is -0.496 e. The van der Waals surface area contributed by atoms with E-state index in [0.717, 1.165) is 22.3 Å². The van der Waals surface area contributed by atoms with E-state index in [2.05, 4.69) is 48.2 Å². The molecule has 8 aromatic rings. The lowest BCUT2D eigenvalue weighted by atomic mass is 9.96. The number of methoxy groups -OCH3 is 1. The molecular formula is C72H83ClFN12O14S2+. The monoisotopic (exact) mass is 1460 g/mol. The lowest BCUT2D eigenvalue weighted by molar-refractivity contribution is -0.926. The van der Waals surface area contributed by atoms with Gasteiger partial charge in [0.25, 0.3) is 10.1 Å². The Morgan fingerprint density at radius 1 is 0.892 bits per heavy atom. The molecule has 2 unspecified atom stereocenters. The largest absolute Gasteiger partial charge is 0.496 e. The van der Waals surface area contributed by atoms with E-state index in [1.807, 2.05) is 67.6 Å². The van der Waals surface area contributed by atoms with E-state index in [-0.39, 0.29) is 51.4 Å². The number of benzene rings is 5. The first-order valence-electron chi connectivity index (χ1n) is 32.9. The zero-order chi connectivity index (χ0) is 73.3. The zero-order valence-electron chi connectivity index (χ0n) is 57.6. The molecule has 540 valence electrons. The van der Waals surface area contributed by atoms with E-state index >= 15 is 0 Å². The number of piperazine rings is 1. The number of hydrogen-bond donors (Lipinski definition) is 6. The Morgan fingerprint density at radius 2 is 1.63 bits per heavy atom. The number of nitrogens with one attached hydrogen (secondary N) is 4. The number of carbonyl (C=O) groups excluding carboxylic acids is 6. The molecule has 102 heavy (non-hydrogen) atoms. The summed E-state index contributed by atoms with van der Waals surface area (Å²) in [5, 5.41) is 11.2. The number of thiophene rings is 1. The summed E-state index contributed by atoms with van der Waals surface area (Å²) in [5.41, 5.74) is 11.0. The first-order chi connectivity index (χ1) is 48.6. The van der Waals surface area contributed by atoms with Crippen molar-refractivity contribution in [2.75, 3.05) is 84.7 Å². The summed E-state index contributed by atoms with van der Waals surface area (Å²) in [6.07, 6.45) is 1.84. The smallest absolute Gasteiger partial charge is 0.408 e. The van der Waals surface area contributed by atoms with Gasteiger partial charge in [0.15, 0.2) is 18.2 Å². The number of urea groups is 1. The number of para-hydroxylation sites is 2. The lowest BCUT2D eigenvalue weighted by Gasteiger charge is -2.42. The fourth-order valence-corrected chi connectivity index (χ4v) is 13.3. The van der Waals surface area contributed by atoms with Crippen LogP contribution in [0.5, 0.6) is 23.1 Å². The average molecular weight is 1460 g/mol. The van der Waals surface area contributed by atoms with Gasteiger partial charge in [-0.2, -0.15) is 8.42 Å². The molecule has 9 rings (SSSR count). The molecule has 1 fully saturated rings. The minimum atomic E-state index is -4.43. The van der Waals surface area contributed by atoms with Crippen LogP contribution in [0.2, 0.25) is 5.02 Å². The number of anilines is 1. The van der Waals surface area contributed by atoms with Crippen LogP contribution in [-0.4, -0.2) is 180 Å². The third-order valence-corrected chi connectivity index (χ3v) is 19.2. The summed E-state index contributed by atoms with van der Waals surface area (Å²) in [5.74, 6) is -0.794. The summed E-state index contributed by atoms with van der Waals surface area (Å²) in [4.78, 5) is 100. The number of quaternary nitrogens is 1. The molecule has 1 saturated heterocycles. The van der Waals surface area contributed by atoms with Crippen molar-refractivity contribution in [3.05, 3.63) is 161 Å². The molecular weight excluding hydrogens is 1380 g/mol. The minimum absolute atomic E-state index is 0.00561. The summed E-state index contributed by atoms with van der Waals surface area (Å²) < 4.78 is 77.8. The summed E-state index contributed by atoms with van der Waals surface area (Å²) >= 11 is 8.63. The van der Waals surface area contributed by atoms with Crippen LogP contribution in [0, 0.1) is 12.7 Å². The highest BCUT2D eigenvalue weighted by Gasteiger charge is 2.32. The van der Waals surface area contributed by atoms with E-state index in [0.29, 0.717) is 127 Å². The van der Waals surface area contributed by atoms with E-state index < -0.39 is 82.2 Å². The maximum Gasteiger partial charge on any atom is 0.408 e. The predicted octanol–water partition coefficient (Wildman–Crippen LogP) is 9.33. The second kappa shape index (κ2) is 34.6. The van der Waals surface area contributed by atoms with E-state index in [9.17, 15) is 46.1 Å². The standard InChI is InChI=1S/C72H82ClFN12O14S2/c1-45-54(62-63-68(79-44-80-69(63)101-65(62)46-18-21-50(74)22-19-46)99-53(42-87)38-47-13-8-10-16-57(47)98-43-52-26-29-76-66(81-52)55-14-9-11-17-58(55)96-7)24-25-59(64(45)73)97-35-32-85-30-33-86(6,34-31-85)41-48-20-23-51(37-49(48)40-84(5)61(89)27-36-102(93,94)95)82-67(90)56(15-12-28-77-70(75)91)83-60(88)39-78-71(92)100-72(2,3)4/h8-11,13-14,16-26,29,37,42,44,53,56H,12,15,27-28,30-36,38-41,43H2,1-7H3,(H6-,75,77,78,82,83,88,90,91,92,93,94,95)/p+1. The number of aldehydes is 1. The number of aromatic nitrogens is 4. The third kappa shape index (κ3) is 21.3. The van der Waals surface area contributed by atoms with E-state index in [1.54, 1.807) is 70.5 Å². The Bertz CT molecular complexity index is 4440. The number of alkyl carbamates (subject to hydrolysis) is 1. The molecule has 0 spiro atoms. The number of halogens is 2. The van der Waals surface area contributed by atoms with Crippen molar-refractivity contribution in [3.63, 3.8) is 0 Å². The van der Waals surface area contributed by atoms with Crippen LogP contribution in [-0.2, 0) is 60.2 Å². The second-order valence-corrected chi connectivity index (χ2v) is 28.7. The maximum atomic E-state index is 14.5. The number of rotatable bonds is 32. The molecule has 1 aliphatic rings. The first-order valence-corrected chi connectivity index (χ1v) is 35.7. The highest BCUT2D eigenvalue weighted by Crippen LogP contribution is 2.50. The van der Waals surface area contributed by atoms with E-state index in [1.165, 1.54) is 41.7 Å². The molecule has 2 atom stereocenters. The van der Waals surface area contributed by atoms with Crippen LogP contribution >= 0.6 is 22.9 Å². The van der Waals surface area contributed by atoms with Crippen LogP contribution < -0.4 is 45.9 Å². The summed E-state index contributed by atoms with van der Waals surface area (Å²) in [6.45, 7) is 10.7. The van der Waals surface area contributed by atoms with Gasteiger partial charge in [0, 0.05) is 80.5 Å². The molecule has 5 aromatic carbocycles. The van der Waals surface area contributed by atoms with Crippen LogP contribution in [0.4, 0.5) is 19.7 Å². The Kier molecular flexibility index (Phi) is 25.9. The fraction of sp³-hybridized carbons (Fsp3) is 0.361. The Labute approximate surface area is 599 Å². The second-order valence-electron chi connectivity index (χ2n) is 25.8. The Balaban J connectivity index is 0.872. The Morgan fingerprint density at radius 3 is 2.34 bits per heavy atom. The molecule has 0 bridgehead atoms. The number of carbonyl (C=O) groups is 6. The van der Waals surface area contributed by atoms with Crippen molar-refractivity contribution < 1.29 is 74.3 Å². The number of primary amides is 1. The fourth-order valence-electron chi connectivity index (χ4n) is 11.5. The van der Waals surface area contributed by atoms with Crippen molar-refractivity contribution in [2.24, 2.45) is 5.73 Å². The van der Waals surface area contributed by atoms with Crippen LogP contribution in [0.1, 0.15) is 68.0 Å². The van der Waals surface area contributed by atoms with Crippen molar-refractivity contribution >= 4 is 85.1 Å². The van der Waals surface area contributed by atoms with Gasteiger partial charge < -0.3 is 60.1 Å². The highest BCUT2D eigenvalue weighted by atomic mass is 35.5. The molecule has 30 heteroatoms. The highest BCUT2D eigenvalue weighted by molar-refractivity contribution is 7.85. The molecule has 0 radical (unpaired) electrons. The van der Waals surface area contributed by atoms with Gasteiger partial charge in [0.1, 0.15) is 72.2 Å². The van der Waals surface area contributed by atoms with Crippen molar-refractivity contribution in [2.45, 2.75) is 90.8 Å². The van der Waals surface area contributed by atoms with Gasteiger partial charge >= 0.3 is 12.1 Å². The molecule has 4 heterocycles. The molecule has 6 amide bonds. The van der Waals surface area contributed by atoms with Gasteiger partial charge in [-0.05, 0) is 123 Å². The topological polar surface area (TPSA) is 335 Å². The average Bonchev–Trinajstić information content (AvgIpc) is 1.55. The van der Waals surface area contributed by atoms with Gasteiger partial charge in [-0.1, -0.05) is 66.2 Å². The predicted molar refractivity (Wildman–Crippen MR) is 384 cm³/mol. The molecule has 7 N–H and O–H groups in total. The number of amides is 6. The molecule has 3 aromatic heterocycles. The van der Waals surface area contributed by atoms with Gasteiger partial charge in [0.2, 0.25) is 23.6 Å². The lowest BCUT2D eigenvalue weighted by Crippen LogP contribution is -2.57. The zero-order valence-corrected chi connectivity index (χ0v) is 60.0. The first kappa shape index (κ1) is 76.3. The molecule has 0 saturated carbocycles. The van der Waals surface area contributed by atoms with Crippen LogP contribution in [0.25, 0.3) is 43.2 Å². The van der Waals surface area contributed by atoms with E-state index in [4.69, 9.17) is 46.0 Å². The third-order valence-electron chi connectivity index (χ3n) is 16.8. The maximum absolute atomic E-state index is 14.5. The molecule has 0 aliphatic carbocycles.